The van der Waals surface area contributed by atoms with E-state index in [-0.39, 0.29) is 12.8 Å². The molecule has 314 valence electrons. The van der Waals surface area contributed by atoms with E-state index in [2.05, 4.69) is 31.3 Å². The highest BCUT2D eigenvalue weighted by molar-refractivity contribution is 5.80. The van der Waals surface area contributed by atoms with Crippen LogP contribution in [0.3, 0.4) is 0 Å². The van der Waals surface area contributed by atoms with E-state index in [0.29, 0.717) is 12.8 Å². The lowest BCUT2D eigenvalue weighted by Crippen LogP contribution is -2.60. The summed E-state index contributed by atoms with van der Waals surface area (Å²) in [5.74, 6) is -0.707. The zero-order valence-electron chi connectivity index (χ0n) is 33.5. The van der Waals surface area contributed by atoms with E-state index in [4.69, 9.17) is 9.47 Å². The van der Waals surface area contributed by atoms with E-state index in [9.17, 15) is 40.5 Å². The predicted molar refractivity (Wildman–Crippen MR) is 210 cm³/mol. The van der Waals surface area contributed by atoms with Crippen LogP contribution in [0.2, 0.25) is 0 Å². The first kappa shape index (κ1) is 49.9. The summed E-state index contributed by atoms with van der Waals surface area (Å²) >= 11 is 0. The van der Waals surface area contributed by atoms with Crippen LogP contribution in [0.5, 0.6) is 0 Å². The van der Waals surface area contributed by atoms with Crippen LogP contribution >= 0.6 is 0 Å². The fraction of sp³-hybridized carbons (Fsp3) is 0.929. The third-order valence-electron chi connectivity index (χ3n) is 10.6. The zero-order valence-corrected chi connectivity index (χ0v) is 33.5. The highest BCUT2D eigenvalue weighted by Crippen LogP contribution is 2.23. The molecule has 1 aliphatic rings. The number of hydrogen-bond donors (Lipinski definition) is 8. The second kappa shape index (κ2) is 33.0. The van der Waals surface area contributed by atoms with E-state index < -0.39 is 74.2 Å². The molecule has 0 aromatic carbocycles. The third-order valence-corrected chi connectivity index (χ3v) is 10.6. The van der Waals surface area contributed by atoms with Gasteiger partial charge in [-0.25, -0.2) is 0 Å². The van der Waals surface area contributed by atoms with Gasteiger partial charge in [-0.15, -0.1) is 0 Å². The van der Waals surface area contributed by atoms with Gasteiger partial charge >= 0.3 is 0 Å². The number of amides is 1. The number of allylic oxidation sites excluding steroid dienone is 2. The molecule has 53 heavy (non-hydrogen) atoms. The van der Waals surface area contributed by atoms with Crippen molar-refractivity contribution in [2.75, 3.05) is 13.2 Å². The first-order valence-electron chi connectivity index (χ1n) is 21.6. The van der Waals surface area contributed by atoms with Gasteiger partial charge in [0, 0.05) is 0 Å². The smallest absolute Gasteiger partial charge is 0.249 e. The summed E-state index contributed by atoms with van der Waals surface area (Å²) in [4.78, 5) is 13.0. The molecule has 1 rings (SSSR count). The maximum atomic E-state index is 13.0. The Hall–Kier alpha value is -1.15. The Bertz CT molecular complexity index is 877. The van der Waals surface area contributed by atoms with Crippen molar-refractivity contribution in [3.63, 3.8) is 0 Å². The summed E-state index contributed by atoms with van der Waals surface area (Å²) in [5, 5.41) is 75.4. The topological polar surface area (TPSA) is 189 Å². The monoisotopic (exact) mass is 760 g/mol. The highest BCUT2D eigenvalue weighted by atomic mass is 16.7. The van der Waals surface area contributed by atoms with Crippen molar-refractivity contribution in [3.8, 4) is 0 Å². The molecule has 11 heteroatoms. The van der Waals surface area contributed by atoms with Gasteiger partial charge in [-0.3, -0.25) is 4.79 Å². The van der Waals surface area contributed by atoms with Crippen LogP contribution in [0.4, 0.5) is 0 Å². The lowest BCUT2D eigenvalue weighted by molar-refractivity contribution is -0.303. The Morgan fingerprint density at radius 2 is 1.11 bits per heavy atom. The molecule has 1 aliphatic heterocycles. The molecule has 0 aliphatic carbocycles. The minimum absolute atomic E-state index is 0.258. The summed E-state index contributed by atoms with van der Waals surface area (Å²) in [6.07, 6.45) is 21.2. The molecule has 0 aromatic heterocycles. The van der Waals surface area contributed by atoms with Crippen molar-refractivity contribution in [1.29, 1.82) is 0 Å². The standard InChI is InChI=1S/C42H81NO10/c1-3-5-7-9-11-13-15-17-18-20-22-24-26-28-30-35(46)41(51)43-33(32-52-42-40(50)39(49)38(48)36(31-44)53-42)37(47)34(45)29-27-25-23-21-19-16-14-12-10-8-6-4-2/h21,23,33-40,42,44-50H,3-20,22,24-32H2,1-2H3,(H,43,51)/b23-21-/t33-,34+,35+,36+,37-,38+,39-,40+,42+/m0/s1. The van der Waals surface area contributed by atoms with E-state index in [1.807, 2.05) is 0 Å². The quantitative estimate of drug-likeness (QED) is 0.0277. The summed E-state index contributed by atoms with van der Waals surface area (Å²) in [7, 11) is 0. The average Bonchev–Trinajstić information content (AvgIpc) is 3.16. The minimum Gasteiger partial charge on any atom is -0.394 e. The Morgan fingerprint density at radius 1 is 0.642 bits per heavy atom. The fourth-order valence-corrected chi connectivity index (χ4v) is 6.91. The molecule has 1 heterocycles. The number of unbranched alkanes of at least 4 members (excludes halogenated alkanes) is 21. The van der Waals surface area contributed by atoms with Crippen LogP contribution < -0.4 is 5.32 Å². The van der Waals surface area contributed by atoms with Crippen LogP contribution in [0.1, 0.15) is 181 Å². The first-order valence-corrected chi connectivity index (χ1v) is 21.6. The average molecular weight is 760 g/mol. The fourth-order valence-electron chi connectivity index (χ4n) is 6.91. The van der Waals surface area contributed by atoms with Crippen LogP contribution in [-0.2, 0) is 14.3 Å². The molecule has 0 spiro atoms. The van der Waals surface area contributed by atoms with Crippen molar-refractivity contribution in [1.82, 2.24) is 5.32 Å². The van der Waals surface area contributed by atoms with Crippen molar-refractivity contribution in [3.05, 3.63) is 12.2 Å². The number of aliphatic hydroxyl groups is 7. The number of nitrogens with one attached hydrogen (secondary N) is 1. The SMILES string of the molecule is CCCCCCCCC/C=C\CCC[C@@H](O)[C@@H](O)[C@H](CO[C@@H]1O[C@H](CO)[C@@H](O)[C@H](O)[C@H]1O)NC(=O)[C@H](O)CCCCCCCCCCCCCCCC. The van der Waals surface area contributed by atoms with E-state index in [1.54, 1.807) is 0 Å². The predicted octanol–water partition coefficient (Wildman–Crippen LogP) is 6.11. The molecule has 9 atom stereocenters. The van der Waals surface area contributed by atoms with E-state index >= 15 is 0 Å². The van der Waals surface area contributed by atoms with Crippen LogP contribution in [0, 0.1) is 0 Å². The molecule has 1 saturated heterocycles. The largest absolute Gasteiger partial charge is 0.394 e. The van der Waals surface area contributed by atoms with Crippen molar-refractivity contribution >= 4 is 5.91 Å². The Balaban J connectivity index is 2.52. The normalized spacial score (nSPS) is 22.9. The Morgan fingerprint density at radius 3 is 1.62 bits per heavy atom. The molecule has 0 bridgehead atoms. The highest BCUT2D eigenvalue weighted by Gasteiger charge is 2.44. The van der Waals surface area contributed by atoms with Crippen molar-refractivity contribution in [2.45, 2.75) is 236 Å². The van der Waals surface area contributed by atoms with Gasteiger partial charge in [0.2, 0.25) is 5.91 Å². The van der Waals surface area contributed by atoms with Crippen LogP contribution in [0.15, 0.2) is 12.2 Å². The zero-order chi connectivity index (χ0) is 39.1. The maximum absolute atomic E-state index is 13.0. The van der Waals surface area contributed by atoms with Gasteiger partial charge in [0.15, 0.2) is 6.29 Å². The van der Waals surface area contributed by atoms with Crippen molar-refractivity contribution in [2.24, 2.45) is 0 Å². The number of hydrogen-bond acceptors (Lipinski definition) is 10. The molecule has 0 saturated carbocycles. The number of rotatable bonds is 35. The lowest BCUT2D eigenvalue weighted by Gasteiger charge is -2.40. The lowest BCUT2D eigenvalue weighted by atomic mass is 9.98. The molecule has 8 N–H and O–H groups in total. The molecule has 11 nitrogen and oxygen atoms in total. The van der Waals surface area contributed by atoms with Gasteiger partial charge in [0.05, 0.1) is 25.4 Å². The Kier molecular flexibility index (Phi) is 31.1. The van der Waals surface area contributed by atoms with Gasteiger partial charge in [-0.2, -0.15) is 0 Å². The second-order valence-electron chi connectivity index (χ2n) is 15.4. The van der Waals surface area contributed by atoms with Gasteiger partial charge in [-0.1, -0.05) is 154 Å². The third kappa shape index (κ3) is 23.5. The summed E-state index contributed by atoms with van der Waals surface area (Å²) < 4.78 is 11.0. The molecule has 1 fully saturated rings. The number of aliphatic hydroxyl groups excluding tert-OH is 7. The van der Waals surface area contributed by atoms with Crippen molar-refractivity contribution < 1.29 is 50.0 Å². The Labute approximate surface area is 322 Å². The molecule has 0 unspecified atom stereocenters. The van der Waals surface area contributed by atoms with Gasteiger partial charge in [0.1, 0.15) is 36.6 Å². The van der Waals surface area contributed by atoms with E-state index in [1.165, 1.54) is 103 Å². The van der Waals surface area contributed by atoms with Crippen LogP contribution in [0.25, 0.3) is 0 Å². The summed E-state index contributed by atoms with van der Waals surface area (Å²) in [6, 6.07) is -1.18. The van der Waals surface area contributed by atoms with Gasteiger partial charge < -0.3 is 50.5 Å². The summed E-state index contributed by atoms with van der Waals surface area (Å²) in [5.41, 5.74) is 0. The number of carbonyl (C=O) groups excluding carboxylic acids is 1. The molecular weight excluding hydrogens is 678 g/mol. The molecule has 1 amide bonds. The minimum atomic E-state index is -1.66. The maximum Gasteiger partial charge on any atom is 0.249 e. The number of carbonyl (C=O) groups is 1. The molecule has 0 radical (unpaired) electrons. The summed E-state index contributed by atoms with van der Waals surface area (Å²) in [6.45, 7) is 3.39. The van der Waals surface area contributed by atoms with Gasteiger partial charge in [0.25, 0.3) is 0 Å². The number of ether oxygens (including phenoxy) is 2. The second-order valence-corrected chi connectivity index (χ2v) is 15.4. The van der Waals surface area contributed by atoms with Gasteiger partial charge in [-0.05, 0) is 38.5 Å². The van der Waals surface area contributed by atoms with E-state index in [0.717, 1.165) is 38.5 Å². The van der Waals surface area contributed by atoms with Crippen LogP contribution in [-0.4, -0.2) is 110 Å². The molecule has 0 aromatic rings. The first-order chi connectivity index (χ1) is 25.7. The molecular formula is C42H81NO10.